The van der Waals surface area contributed by atoms with Gasteiger partial charge in [0.25, 0.3) is 16.8 Å². The minimum atomic E-state index is -0.507. The summed E-state index contributed by atoms with van der Waals surface area (Å²) in [7, 11) is 0. The number of imide groups is 1. The molecule has 0 aliphatic carbocycles. The first-order chi connectivity index (χ1) is 17.7. The van der Waals surface area contributed by atoms with E-state index >= 15 is 0 Å². The molecule has 0 bridgehead atoms. The number of thioether (sulfide) groups is 1. The van der Waals surface area contributed by atoms with E-state index in [0.29, 0.717) is 27.1 Å². The number of fused-ring (bicyclic) bond motifs is 1. The summed E-state index contributed by atoms with van der Waals surface area (Å²) in [4.78, 5) is 37.9. The number of para-hydroxylation sites is 1. The summed E-state index contributed by atoms with van der Waals surface area (Å²) in [6.45, 7) is 2.42. The molecule has 5 rings (SSSR count). The molecule has 4 aromatic rings. The number of non-ortho nitro benzene ring substituents is 1. The molecule has 37 heavy (non-hydrogen) atoms. The van der Waals surface area contributed by atoms with E-state index in [1.807, 2.05) is 37.3 Å². The Kier molecular flexibility index (Phi) is 6.81. The first-order valence-electron chi connectivity index (χ1n) is 11.2. The number of hydrogen-bond acceptors (Lipinski definition) is 5. The number of benzene rings is 3. The van der Waals surface area contributed by atoms with Crippen LogP contribution in [0.4, 0.5) is 10.5 Å². The van der Waals surface area contributed by atoms with E-state index < -0.39 is 16.1 Å². The number of aromatic nitrogens is 1. The van der Waals surface area contributed by atoms with Gasteiger partial charge in [-0.2, -0.15) is 0 Å². The van der Waals surface area contributed by atoms with Crippen LogP contribution >= 0.6 is 35.0 Å². The van der Waals surface area contributed by atoms with Crippen molar-refractivity contribution in [3.8, 4) is 0 Å². The Morgan fingerprint density at radius 1 is 1.00 bits per heavy atom. The van der Waals surface area contributed by atoms with Crippen molar-refractivity contribution in [1.29, 1.82) is 0 Å². The average molecular weight is 552 g/mol. The minimum absolute atomic E-state index is 0.0422. The Morgan fingerprint density at radius 2 is 1.78 bits per heavy atom. The fraction of sp³-hybridized carbons (Fsp3) is 0.111. The Balaban J connectivity index is 1.49. The summed E-state index contributed by atoms with van der Waals surface area (Å²) < 4.78 is 2.11. The van der Waals surface area contributed by atoms with Gasteiger partial charge < -0.3 is 4.57 Å². The molecule has 1 fully saturated rings. The minimum Gasteiger partial charge on any atom is -0.340 e. The highest BCUT2D eigenvalue weighted by Crippen LogP contribution is 2.37. The van der Waals surface area contributed by atoms with E-state index in [4.69, 9.17) is 23.2 Å². The predicted octanol–water partition coefficient (Wildman–Crippen LogP) is 7.45. The van der Waals surface area contributed by atoms with Crippen molar-refractivity contribution in [2.45, 2.75) is 20.0 Å². The molecule has 0 N–H and O–H groups in total. The maximum absolute atomic E-state index is 13.2. The molecule has 2 amide bonds. The van der Waals surface area contributed by atoms with Gasteiger partial charge in [-0.15, -0.1) is 0 Å². The second-order valence-electron chi connectivity index (χ2n) is 8.53. The lowest BCUT2D eigenvalue weighted by molar-refractivity contribution is -0.384. The summed E-state index contributed by atoms with van der Waals surface area (Å²) in [6, 6.07) is 19.1. The molecule has 2 heterocycles. The molecule has 10 heteroatoms. The number of rotatable bonds is 6. The van der Waals surface area contributed by atoms with Crippen LogP contribution in [0.3, 0.4) is 0 Å². The van der Waals surface area contributed by atoms with E-state index in [-0.39, 0.29) is 12.2 Å². The van der Waals surface area contributed by atoms with Gasteiger partial charge in [0.2, 0.25) is 0 Å². The smallest absolute Gasteiger partial charge is 0.293 e. The number of nitrogens with zero attached hydrogens (tertiary/aromatic N) is 3. The van der Waals surface area contributed by atoms with E-state index in [1.54, 1.807) is 24.3 Å². The summed E-state index contributed by atoms with van der Waals surface area (Å²) in [5, 5.41) is 12.7. The van der Waals surface area contributed by atoms with E-state index in [2.05, 4.69) is 4.57 Å². The number of halogens is 2. The number of nitro groups is 1. The fourth-order valence-corrected chi connectivity index (χ4v) is 5.67. The highest BCUT2D eigenvalue weighted by Gasteiger charge is 2.35. The molecular weight excluding hydrogens is 533 g/mol. The molecule has 1 saturated heterocycles. The molecule has 0 unspecified atom stereocenters. The van der Waals surface area contributed by atoms with Gasteiger partial charge in [-0.25, -0.2) is 0 Å². The van der Waals surface area contributed by atoms with E-state index in [0.717, 1.165) is 44.4 Å². The molecule has 0 saturated carbocycles. The lowest BCUT2D eigenvalue weighted by atomic mass is 10.1. The van der Waals surface area contributed by atoms with Crippen molar-refractivity contribution in [2.75, 3.05) is 0 Å². The second-order valence-corrected chi connectivity index (χ2v) is 10.4. The van der Waals surface area contributed by atoms with Gasteiger partial charge in [0.1, 0.15) is 0 Å². The van der Waals surface area contributed by atoms with Crippen molar-refractivity contribution >= 4 is 68.8 Å². The highest BCUT2D eigenvalue weighted by atomic mass is 35.5. The average Bonchev–Trinajstić information content (AvgIpc) is 3.29. The van der Waals surface area contributed by atoms with Crippen LogP contribution in [-0.4, -0.2) is 25.5 Å². The highest BCUT2D eigenvalue weighted by molar-refractivity contribution is 8.18. The fourth-order valence-electron chi connectivity index (χ4n) is 4.38. The number of carbonyl (C=O) groups excluding carboxylic acids is 2. The van der Waals surface area contributed by atoms with Crippen molar-refractivity contribution in [3.05, 3.63) is 114 Å². The zero-order valence-electron chi connectivity index (χ0n) is 19.5. The third-order valence-electron chi connectivity index (χ3n) is 6.23. The first-order valence-corrected chi connectivity index (χ1v) is 12.8. The zero-order valence-corrected chi connectivity index (χ0v) is 21.8. The summed E-state index contributed by atoms with van der Waals surface area (Å²) >= 11 is 13.4. The number of hydrogen-bond donors (Lipinski definition) is 0. The monoisotopic (exact) mass is 551 g/mol. The number of carbonyl (C=O) groups is 2. The van der Waals surface area contributed by atoms with E-state index in [9.17, 15) is 19.7 Å². The number of nitro benzene ring substituents is 1. The lowest BCUT2D eigenvalue weighted by Gasteiger charge is -2.12. The molecule has 186 valence electrons. The van der Waals surface area contributed by atoms with Gasteiger partial charge >= 0.3 is 0 Å². The topological polar surface area (TPSA) is 85.5 Å². The first kappa shape index (κ1) is 25.1. The van der Waals surface area contributed by atoms with Crippen LogP contribution in [0.5, 0.6) is 0 Å². The normalized spacial score (nSPS) is 14.8. The van der Waals surface area contributed by atoms with Crippen LogP contribution in [0, 0.1) is 17.0 Å². The molecule has 1 aliphatic rings. The molecule has 0 atom stereocenters. The Hall–Kier alpha value is -3.59. The third kappa shape index (κ3) is 4.87. The van der Waals surface area contributed by atoms with Gasteiger partial charge in [-0.3, -0.25) is 24.6 Å². The van der Waals surface area contributed by atoms with Gasteiger partial charge in [-0.05, 0) is 54.1 Å². The lowest BCUT2D eigenvalue weighted by Crippen LogP contribution is -2.27. The quantitative estimate of drug-likeness (QED) is 0.141. The Labute approximate surface area is 226 Å². The Bertz CT molecular complexity index is 1630. The van der Waals surface area contributed by atoms with Crippen molar-refractivity contribution in [3.63, 3.8) is 0 Å². The van der Waals surface area contributed by atoms with Crippen LogP contribution in [0.25, 0.3) is 17.0 Å². The maximum atomic E-state index is 13.2. The molecule has 3 aromatic carbocycles. The summed E-state index contributed by atoms with van der Waals surface area (Å²) in [5.74, 6) is -0.432. The SMILES string of the molecule is Cc1c(/C=C2\SC(=O)N(Cc3cccc([N+](=O)[O-])c3)C2=O)c2ccccc2n1Cc1ccc(Cl)cc1Cl. The Morgan fingerprint density at radius 3 is 2.54 bits per heavy atom. The zero-order chi connectivity index (χ0) is 26.3. The van der Waals surface area contributed by atoms with Gasteiger partial charge in [-0.1, -0.05) is 59.6 Å². The molecule has 1 aromatic heterocycles. The second kappa shape index (κ2) is 10.0. The van der Waals surface area contributed by atoms with Crippen molar-refractivity contribution < 1.29 is 14.5 Å². The largest absolute Gasteiger partial charge is 0.340 e. The maximum Gasteiger partial charge on any atom is 0.293 e. The van der Waals surface area contributed by atoms with Crippen molar-refractivity contribution in [2.24, 2.45) is 0 Å². The van der Waals surface area contributed by atoms with E-state index in [1.165, 1.54) is 18.2 Å². The van der Waals surface area contributed by atoms with Crippen LogP contribution in [0.15, 0.2) is 71.6 Å². The molecule has 0 radical (unpaired) electrons. The van der Waals surface area contributed by atoms with Gasteiger partial charge in [0, 0.05) is 50.9 Å². The van der Waals surface area contributed by atoms with Crippen LogP contribution < -0.4 is 0 Å². The molecule has 7 nitrogen and oxygen atoms in total. The molecule has 1 aliphatic heterocycles. The van der Waals surface area contributed by atoms with Crippen LogP contribution in [-0.2, 0) is 17.9 Å². The van der Waals surface area contributed by atoms with Gasteiger partial charge in [0.15, 0.2) is 0 Å². The summed E-state index contributed by atoms with van der Waals surface area (Å²) in [6.07, 6.45) is 1.75. The van der Waals surface area contributed by atoms with Crippen LogP contribution in [0.2, 0.25) is 10.0 Å². The van der Waals surface area contributed by atoms with Crippen LogP contribution in [0.1, 0.15) is 22.4 Å². The summed E-state index contributed by atoms with van der Waals surface area (Å²) in [5.41, 5.74) is 4.03. The standard InChI is InChI=1S/C27H19Cl2N3O4S/c1-16-22(21-7-2-3-8-24(21)30(16)15-18-9-10-19(28)12-23(18)29)13-25-26(33)31(27(34)37-25)14-17-5-4-6-20(11-17)32(35)36/h2-13H,14-15H2,1H3/b25-13-. The molecule has 0 spiro atoms. The van der Waals surface area contributed by atoms with Crippen molar-refractivity contribution in [1.82, 2.24) is 9.47 Å². The predicted molar refractivity (Wildman–Crippen MR) is 147 cm³/mol. The van der Waals surface area contributed by atoms with Gasteiger partial charge in [0.05, 0.1) is 16.4 Å². The third-order valence-corrected chi connectivity index (χ3v) is 7.73. The molecular formula is C27H19Cl2N3O4S. The number of amides is 2.